The minimum absolute atomic E-state index is 0.182. The van der Waals surface area contributed by atoms with Gasteiger partial charge in [0.1, 0.15) is 11.6 Å². The monoisotopic (exact) mass is 321 g/mol. The highest BCUT2D eigenvalue weighted by Gasteiger charge is 2.18. The molecule has 7 heteroatoms. The van der Waals surface area contributed by atoms with Crippen molar-refractivity contribution < 1.29 is 8.42 Å². The molecule has 0 amide bonds. The third kappa shape index (κ3) is 2.78. The van der Waals surface area contributed by atoms with E-state index in [-0.39, 0.29) is 17.1 Å². The predicted octanol–water partition coefficient (Wildman–Crippen LogP) is 1.19. The van der Waals surface area contributed by atoms with Crippen molar-refractivity contribution in [2.24, 2.45) is 0 Å². The van der Waals surface area contributed by atoms with E-state index in [1.165, 1.54) is 25.2 Å². The van der Waals surface area contributed by atoms with Gasteiger partial charge in [-0.2, -0.15) is 0 Å². The normalized spacial score (nSPS) is 15.2. The van der Waals surface area contributed by atoms with Crippen molar-refractivity contribution in [3.63, 3.8) is 0 Å². The summed E-state index contributed by atoms with van der Waals surface area (Å²) in [6, 6.07) is 3.84. The molecule has 1 heterocycles. The van der Waals surface area contributed by atoms with E-state index in [9.17, 15) is 13.2 Å². The van der Waals surface area contributed by atoms with Gasteiger partial charge in [0.15, 0.2) is 0 Å². The Morgan fingerprint density at radius 3 is 2.45 bits per heavy atom. The van der Waals surface area contributed by atoms with Gasteiger partial charge in [-0.05, 0) is 48.9 Å². The fourth-order valence-electron chi connectivity index (χ4n) is 2.79. The summed E-state index contributed by atoms with van der Waals surface area (Å²) >= 11 is 0. The Labute approximate surface area is 129 Å². The largest absolute Gasteiger partial charge is 0.309 e. The van der Waals surface area contributed by atoms with Crippen molar-refractivity contribution in [1.29, 1.82) is 0 Å². The Morgan fingerprint density at radius 2 is 1.82 bits per heavy atom. The van der Waals surface area contributed by atoms with Gasteiger partial charge in [0.05, 0.1) is 10.9 Å². The van der Waals surface area contributed by atoms with Crippen LogP contribution in [0, 0.1) is 0 Å². The maximum Gasteiger partial charge on any atom is 0.258 e. The summed E-state index contributed by atoms with van der Waals surface area (Å²) in [5.41, 5.74) is 2.73. The van der Waals surface area contributed by atoms with E-state index in [2.05, 4.69) is 9.97 Å². The molecule has 0 saturated carbocycles. The second-order valence-electron chi connectivity index (χ2n) is 5.90. The van der Waals surface area contributed by atoms with Crippen LogP contribution in [-0.2, 0) is 28.6 Å². The van der Waals surface area contributed by atoms with Gasteiger partial charge in [-0.3, -0.25) is 4.79 Å². The first-order valence-corrected chi connectivity index (χ1v) is 8.92. The molecule has 3 rings (SSSR count). The molecule has 0 bridgehead atoms. The zero-order chi connectivity index (χ0) is 15.9. The molecule has 2 aromatic rings. The van der Waals surface area contributed by atoms with Crippen molar-refractivity contribution >= 4 is 20.9 Å². The molecule has 0 aliphatic heterocycles. The molecule has 0 spiro atoms. The molecule has 118 valence electrons. The summed E-state index contributed by atoms with van der Waals surface area (Å²) in [6.45, 7) is 0. The number of H-pyrrole nitrogens is 1. The lowest BCUT2D eigenvalue weighted by Gasteiger charge is -2.16. The van der Waals surface area contributed by atoms with Crippen LogP contribution in [0.2, 0.25) is 0 Å². The molecular formula is C15H19N3O3S. The van der Waals surface area contributed by atoms with Crippen LogP contribution in [0.25, 0.3) is 10.9 Å². The first-order chi connectivity index (χ1) is 10.4. The number of hydrogen-bond donors (Lipinski definition) is 1. The second-order valence-corrected chi connectivity index (χ2v) is 8.08. The molecule has 1 N–H and O–H groups in total. The molecule has 0 unspecified atom stereocenters. The number of aromatic amines is 1. The number of hydrogen-bond acceptors (Lipinski definition) is 4. The van der Waals surface area contributed by atoms with Gasteiger partial charge < -0.3 is 4.98 Å². The molecule has 1 aliphatic rings. The molecule has 0 saturated heterocycles. The van der Waals surface area contributed by atoms with E-state index in [1.54, 1.807) is 0 Å². The van der Waals surface area contributed by atoms with Crippen LogP contribution in [0.5, 0.6) is 0 Å². The van der Waals surface area contributed by atoms with E-state index in [0.29, 0.717) is 10.9 Å². The molecule has 0 fully saturated rings. The van der Waals surface area contributed by atoms with Gasteiger partial charge in [-0.1, -0.05) is 0 Å². The summed E-state index contributed by atoms with van der Waals surface area (Å²) in [6.07, 6.45) is 4.26. The quantitative estimate of drug-likeness (QED) is 0.920. The second kappa shape index (κ2) is 5.48. The Kier molecular flexibility index (Phi) is 3.78. The maximum absolute atomic E-state index is 12.2. The number of nitrogens with zero attached hydrogens (tertiary/aromatic N) is 2. The minimum atomic E-state index is -3.45. The number of nitrogens with one attached hydrogen (secondary N) is 1. The van der Waals surface area contributed by atoms with Crippen LogP contribution in [0.15, 0.2) is 16.9 Å². The third-order valence-corrected chi connectivity index (χ3v) is 5.84. The Morgan fingerprint density at radius 1 is 1.18 bits per heavy atom. The maximum atomic E-state index is 12.2. The molecular weight excluding hydrogens is 302 g/mol. The predicted molar refractivity (Wildman–Crippen MR) is 85.3 cm³/mol. The fraction of sp³-hybridized carbons (Fsp3) is 0.467. The van der Waals surface area contributed by atoms with Gasteiger partial charge in [0.25, 0.3) is 5.56 Å². The number of sulfonamides is 1. The average Bonchev–Trinajstić information content (AvgIpc) is 2.45. The van der Waals surface area contributed by atoms with Crippen molar-refractivity contribution in [3.05, 3.63) is 39.4 Å². The van der Waals surface area contributed by atoms with E-state index >= 15 is 0 Å². The Hall–Kier alpha value is -1.73. The zero-order valence-corrected chi connectivity index (χ0v) is 13.5. The van der Waals surface area contributed by atoms with E-state index < -0.39 is 10.0 Å². The van der Waals surface area contributed by atoms with Gasteiger partial charge in [-0.15, -0.1) is 0 Å². The number of fused-ring (bicyclic) bond motifs is 2. The van der Waals surface area contributed by atoms with E-state index in [1.807, 2.05) is 12.1 Å². The van der Waals surface area contributed by atoms with Crippen LogP contribution in [-0.4, -0.2) is 36.8 Å². The van der Waals surface area contributed by atoms with Gasteiger partial charge in [0.2, 0.25) is 10.0 Å². The minimum Gasteiger partial charge on any atom is -0.309 e. The summed E-state index contributed by atoms with van der Waals surface area (Å²) < 4.78 is 25.0. The van der Waals surface area contributed by atoms with Crippen LogP contribution >= 0.6 is 0 Å². The van der Waals surface area contributed by atoms with E-state index in [0.717, 1.165) is 30.0 Å². The van der Waals surface area contributed by atoms with Crippen molar-refractivity contribution in [2.75, 3.05) is 14.1 Å². The molecule has 1 aliphatic carbocycles. The summed E-state index contributed by atoms with van der Waals surface area (Å²) in [5, 5.41) is 0.534. The van der Waals surface area contributed by atoms with Gasteiger partial charge in [-0.25, -0.2) is 17.7 Å². The molecule has 6 nitrogen and oxygen atoms in total. The fourth-order valence-corrected chi connectivity index (χ4v) is 3.53. The van der Waals surface area contributed by atoms with Crippen molar-refractivity contribution in [3.8, 4) is 0 Å². The molecule has 22 heavy (non-hydrogen) atoms. The van der Waals surface area contributed by atoms with Crippen LogP contribution in [0.4, 0.5) is 0 Å². The molecule has 1 aromatic carbocycles. The summed E-state index contributed by atoms with van der Waals surface area (Å²) in [4.78, 5) is 19.2. The summed E-state index contributed by atoms with van der Waals surface area (Å²) in [7, 11) is -0.527. The number of benzene rings is 1. The molecule has 0 atom stereocenters. The lowest BCUT2D eigenvalue weighted by atomic mass is 9.90. The number of aryl methyl sites for hydroxylation is 2. The van der Waals surface area contributed by atoms with Crippen LogP contribution in [0.3, 0.4) is 0 Å². The first-order valence-electron chi connectivity index (χ1n) is 7.32. The first kappa shape index (κ1) is 15.2. The zero-order valence-electron chi connectivity index (χ0n) is 12.7. The van der Waals surface area contributed by atoms with Crippen molar-refractivity contribution in [2.45, 2.75) is 31.4 Å². The lowest BCUT2D eigenvalue weighted by Crippen LogP contribution is -2.26. The van der Waals surface area contributed by atoms with Crippen LogP contribution in [0.1, 0.15) is 29.8 Å². The lowest BCUT2D eigenvalue weighted by molar-refractivity contribution is 0.518. The highest BCUT2D eigenvalue weighted by molar-refractivity contribution is 7.88. The smallest absolute Gasteiger partial charge is 0.258 e. The third-order valence-electron chi connectivity index (χ3n) is 4.09. The number of rotatable bonds is 3. The standard InChI is InChI=1S/C15H19N3O3S/c1-18(2)22(20,21)9-14-16-13-8-11-6-4-3-5-10(11)7-12(13)15(19)17-14/h7-8H,3-6,9H2,1-2H3,(H,16,17,19). The Bertz CT molecular complexity index is 885. The summed E-state index contributed by atoms with van der Waals surface area (Å²) in [5.74, 6) is -0.121. The highest BCUT2D eigenvalue weighted by Crippen LogP contribution is 2.24. The highest BCUT2D eigenvalue weighted by atomic mass is 32.2. The molecule has 1 aromatic heterocycles. The van der Waals surface area contributed by atoms with Gasteiger partial charge in [0, 0.05) is 14.1 Å². The van der Waals surface area contributed by atoms with Crippen molar-refractivity contribution in [1.82, 2.24) is 14.3 Å². The van der Waals surface area contributed by atoms with E-state index in [4.69, 9.17) is 0 Å². The Balaban J connectivity index is 2.10. The SMILES string of the molecule is CN(C)S(=O)(=O)Cc1nc2cc3c(cc2c(=O)[nH]1)CCCC3. The van der Waals surface area contributed by atoms with Gasteiger partial charge >= 0.3 is 0 Å². The molecule has 0 radical (unpaired) electrons. The average molecular weight is 321 g/mol. The number of aromatic nitrogens is 2. The van der Waals surface area contributed by atoms with Crippen LogP contribution < -0.4 is 5.56 Å². The topological polar surface area (TPSA) is 83.1 Å².